The van der Waals surface area contributed by atoms with Crippen LogP contribution in [0.3, 0.4) is 0 Å². The van der Waals surface area contributed by atoms with Gasteiger partial charge in [-0.1, -0.05) is 6.07 Å². The highest BCUT2D eigenvalue weighted by atomic mass is 19.1. The lowest BCUT2D eigenvalue weighted by atomic mass is 10.0. The maximum absolute atomic E-state index is 13.3. The number of nitrogens with zero attached hydrogens (tertiary/aromatic N) is 4. The first kappa shape index (κ1) is 15.5. The zero-order valence-corrected chi connectivity index (χ0v) is 14.2. The largest absolute Gasteiger partial charge is 0.298 e. The molecule has 0 aliphatic carbocycles. The summed E-state index contributed by atoms with van der Waals surface area (Å²) in [7, 11) is 0. The van der Waals surface area contributed by atoms with E-state index in [0.29, 0.717) is 0 Å². The van der Waals surface area contributed by atoms with E-state index in [-0.39, 0.29) is 5.82 Å². The average molecular weight is 355 g/mol. The predicted molar refractivity (Wildman–Crippen MR) is 101 cm³/mol. The molecule has 0 amide bonds. The molecule has 27 heavy (non-hydrogen) atoms. The lowest BCUT2D eigenvalue weighted by Gasteiger charge is -2.06. The molecule has 5 aromatic rings. The second-order valence-corrected chi connectivity index (χ2v) is 6.16. The predicted octanol–water partition coefficient (Wildman–Crippen LogP) is 4.59. The van der Waals surface area contributed by atoms with E-state index < -0.39 is 0 Å². The van der Waals surface area contributed by atoms with Gasteiger partial charge in [0.25, 0.3) is 0 Å². The normalized spacial score (nSPS) is 11.1. The molecular formula is C21H14FN5. The highest BCUT2D eigenvalue weighted by molar-refractivity contribution is 5.80. The molecular weight excluding hydrogens is 341 g/mol. The molecule has 0 aliphatic heterocycles. The van der Waals surface area contributed by atoms with Crippen LogP contribution in [-0.2, 0) is 0 Å². The number of hydrogen-bond donors (Lipinski definition) is 1. The maximum atomic E-state index is 13.3. The summed E-state index contributed by atoms with van der Waals surface area (Å²) in [5.74, 6) is -0.268. The number of pyridine rings is 2. The van der Waals surface area contributed by atoms with Crippen molar-refractivity contribution in [3.8, 4) is 33.8 Å². The van der Waals surface area contributed by atoms with Crippen molar-refractivity contribution in [1.82, 2.24) is 24.6 Å². The molecule has 0 saturated carbocycles. The fraction of sp³-hybridized carbons (Fsp3) is 0. The molecule has 5 rings (SSSR count). The molecule has 0 spiro atoms. The number of rotatable bonds is 3. The van der Waals surface area contributed by atoms with Gasteiger partial charge in [-0.25, -0.2) is 9.37 Å². The van der Waals surface area contributed by atoms with Gasteiger partial charge in [0.2, 0.25) is 0 Å². The van der Waals surface area contributed by atoms with Crippen molar-refractivity contribution in [2.75, 3.05) is 0 Å². The van der Waals surface area contributed by atoms with Gasteiger partial charge in [0.1, 0.15) is 11.5 Å². The quantitative estimate of drug-likeness (QED) is 0.515. The third-order valence-electron chi connectivity index (χ3n) is 4.50. The molecule has 6 heteroatoms. The summed E-state index contributed by atoms with van der Waals surface area (Å²) in [4.78, 5) is 8.89. The zero-order chi connectivity index (χ0) is 18.2. The Hall–Kier alpha value is -3.80. The number of imidazole rings is 1. The molecule has 1 aromatic carbocycles. The van der Waals surface area contributed by atoms with Crippen LogP contribution in [0.4, 0.5) is 4.39 Å². The summed E-state index contributed by atoms with van der Waals surface area (Å²) < 4.78 is 15.3. The molecule has 0 aliphatic rings. The summed E-state index contributed by atoms with van der Waals surface area (Å²) in [6.07, 6.45) is 7.44. The van der Waals surface area contributed by atoms with E-state index in [4.69, 9.17) is 0 Å². The van der Waals surface area contributed by atoms with E-state index in [1.54, 1.807) is 18.3 Å². The smallest absolute Gasteiger partial charge is 0.137 e. The van der Waals surface area contributed by atoms with E-state index in [0.717, 1.165) is 39.4 Å². The standard InChI is InChI=1S/C21H14FN5/c22-16-7-4-14(5-8-16)21-17(11-25-26-21)15-6-9-20-24-12-19(27(20)13-15)18-3-1-2-10-23-18/h1-13H,(H,25,26). The Morgan fingerprint density at radius 3 is 2.56 bits per heavy atom. The van der Waals surface area contributed by atoms with Crippen molar-refractivity contribution in [3.05, 3.63) is 85.2 Å². The molecule has 0 bridgehead atoms. The van der Waals surface area contributed by atoms with Gasteiger partial charge in [-0.05, 0) is 48.5 Å². The highest BCUT2D eigenvalue weighted by Crippen LogP contribution is 2.31. The highest BCUT2D eigenvalue weighted by Gasteiger charge is 2.13. The van der Waals surface area contributed by atoms with Gasteiger partial charge in [0.15, 0.2) is 0 Å². The Morgan fingerprint density at radius 1 is 0.889 bits per heavy atom. The zero-order valence-electron chi connectivity index (χ0n) is 14.2. The van der Waals surface area contributed by atoms with Crippen LogP contribution < -0.4 is 0 Å². The van der Waals surface area contributed by atoms with Crippen LogP contribution in [-0.4, -0.2) is 24.6 Å². The SMILES string of the molecule is Fc1ccc(-c2n[nH]cc2-c2ccc3ncc(-c4ccccn4)n3c2)cc1. The van der Waals surface area contributed by atoms with Crippen molar-refractivity contribution >= 4 is 5.65 Å². The van der Waals surface area contributed by atoms with Crippen LogP contribution >= 0.6 is 0 Å². The second-order valence-electron chi connectivity index (χ2n) is 6.16. The Balaban J connectivity index is 1.65. The molecule has 0 fully saturated rings. The maximum Gasteiger partial charge on any atom is 0.137 e. The van der Waals surface area contributed by atoms with Crippen LogP contribution in [0.2, 0.25) is 0 Å². The first-order valence-electron chi connectivity index (χ1n) is 8.48. The van der Waals surface area contributed by atoms with E-state index in [2.05, 4.69) is 20.2 Å². The topological polar surface area (TPSA) is 58.9 Å². The molecule has 4 heterocycles. The van der Waals surface area contributed by atoms with Gasteiger partial charge in [-0.2, -0.15) is 5.10 Å². The Labute approximate surface area is 154 Å². The van der Waals surface area contributed by atoms with Crippen molar-refractivity contribution in [3.63, 3.8) is 0 Å². The molecule has 5 nitrogen and oxygen atoms in total. The molecule has 4 aromatic heterocycles. The van der Waals surface area contributed by atoms with Crippen LogP contribution in [0.5, 0.6) is 0 Å². The Kier molecular flexibility index (Phi) is 3.53. The van der Waals surface area contributed by atoms with Crippen molar-refractivity contribution in [1.29, 1.82) is 0 Å². The molecule has 1 N–H and O–H groups in total. The number of hydrogen-bond acceptors (Lipinski definition) is 3. The van der Waals surface area contributed by atoms with Gasteiger partial charge >= 0.3 is 0 Å². The minimum atomic E-state index is -0.268. The minimum absolute atomic E-state index is 0.268. The number of aromatic amines is 1. The fourth-order valence-corrected chi connectivity index (χ4v) is 3.18. The van der Waals surface area contributed by atoms with Gasteiger partial charge in [0.05, 0.1) is 23.3 Å². The number of fused-ring (bicyclic) bond motifs is 1. The number of aromatic nitrogens is 5. The number of halogens is 1. The Bertz CT molecular complexity index is 1220. The van der Waals surface area contributed by atoms with Crippen LogP contribution in [0, 0.1) is 5.82 Å². The lowest BCUT2D eigenvalue weighted by molar-refractivity contribution is 0.628. The van der Waals surface area contributed by atoms with Crippen LogP contribution in [0.1, 0.15) is 0 Å². The van der Waals surface area contributed by atoms with Crippen LogP contribution in [0.15, 0.2) is 79.4 Å². The summed E-state index contributed by atoms with van der Waals surface area (Å²) in [6.45, 7) is 0. The number of H-pyrrole nitrogens is 1. The van der Waals surface area contributed by atoms with Crippen molar-refractivity contribution < 1.29 is 4.39 Å². The van der Waals surface area contributed by atoms with E-state index in [1.807, 2.05) is 53.3 Å². The lowest BCUT2D eigenvalue weighted by Crippen LogP contribution is -1.92. The van der Waals surface area contributed by atoms with Gasteiger partial charge in [-0.15, -0.1) is 0 Å². The summed E-state index contributed by atoms with van der Waals surface area (Å²) in [5, 5.41) is 7.27. The van der Waals surface area contributed by atoms with Gasteiger partial charge in [0, 0.05) is 35.3 Å². The van der Waals surface area contributed by atoms with Crippen molar-refractivity contribution in [2.24, 2.45) is 0 Å². The molecule has 0 unspecified atom stereocenters. The number of nitrogens with one attached hydrogen (secondary N) is 1. The number of benzene rings is 1. The van der Waals surface area contributed by atoms with Gasteiger partial charge < -0.3 is 0 Å². The first-order chi connectivity index (χ1) is 13.3. The third-order valence-corrected chi connectivity index (χ3v) is 4.50. The first-order valence-corrected chi connectivity index (χ1v) is 8.48. The fourth-order valence-electron chi connectivity index (χ4n) is 3.18. The van der Waals surface area contributed by atoms with E-state index in [9.17, 15) is 4.39 Å². The van der Waals surface area contributed by atoms with Gasteiger partial charge in [-0.3, -0.25) is 14.5 Å². The molecule has 0 atom stereocenters. The van der Waals surface area contributed by atoms with E-state index >= 15 is 0 Å². The molecule has 0 saturated heterocycles. The Morgan fingerprint density at radius 2 is 1.74 bits per heavy atom. The average Bonchev–Trinajstić information content (AvgIpc) is 3.36. The van der Waals surface area contributed by atoms with E-state index in [1.165, 1.54) is 12.1 Å². The molecule has 130 valence electrons. The second kappa shape index (κ2) is 6.17. The summed E-state index contributed by atoms with van der Waals surface area (Å²) in [5.41, 5.74) is 6.14. The summed E-state index contributed by atoms with van der Waals surface area (Å²) >= 11 is 0. The third kappa shape index (κ3) is 2.67. The minimum Gasteiger partial charge on any atom is -0.298 e. The van der Waals surface area contributed by atoms with Crippen molar-refractivity contribution in [2.45, 2.75) is 0 Å². The monoisotopic (exact) mass is 355 g/mol. The molecule has 0 radical (unpaired) electrons. The van der Waals surface area contributed by atoms with Crippen LogP contribution in [0.25, 0.3) is 39.4 Å². The summed E-state index contributed by atoms with van der Waals surface area (Å²) in [6, 6.07) is 16.1.